The summed E-state index contributed by atoms with van der Waals surface area (Å²) in [5.41, 5.74) is 1.70. The highest BCUT2D eigenvalue weighted by molar-refractivity contribution is 6.30. The van der Waals surface area contributed by atoms with E-state index in [9.17, 15) is 14.9 Å². The van der Waals surface area contributed by atoms with Gasteiger partial charge < -0.3 is 9.15 Å². The number of carbonyl (C=O) groups is 1. The van der Waals surface area contributed by atoms with Gasteiger partial charge in [0.15, 0.2) is 11.5 Å². The molecule has 0 spiro atoms. The number of rotatable bonds is 5. The van der Waals surface area contributed by atoms with Crippen molar-refractivity contribution in [2.75, 3.05) is 0 Å². The molecule has 0 saturated heterocycles. The van der Waals surface area contributed by atoms with Crippen LogP contribution in [0.5, 0.6) is 5.75 Å². The van der Waals surface area contributed by atoms with Crippen molar-refractivity contribution in [3.63, 3.8) is 0 Å². The molecule has 0 atom stereocenters. The Morgan fingerprint density at radius 3 is 2.86 bits per heavy atom. The van der Waals surface area contributed by atoms with Crippen LogP contribution in [0.15, 0.2) is 34.7 Å². The molecule has 1 aromatic heterocycles. The van der Waals surface area contributed by atoms with E-state index in [-0.39, 0.29) is 23.8 Å². The van der Waals surface area contributed by atoms with E-state index in [1.54, 1.807) is 0 Å². The van der Waals surface area contributed by atoms with Crippen LogP contribution < -0.4 is 16.0 Å². The number of nitrogens with one attached hydrogen (secondary N) is 1. The predicted octanol–water partition coefficient (Wildman–Crippen LogP) is 2.02. The van der Waals surface area contributed by atoms with E-state index in [0.29, 0.717) is 10.8 Å². The Hall–Kier alpha value is -2.58. The van der Waals surface area contributed by atoms with Gasteiger partial charge in [-0.15, -0.1) is 0 Å². The van der Waals surface area contributed by atoms with Crippen molar-refractivity contribution in [1.29, 1.82) is 0 Å². The van der Waals surface area contributed by atoms with Gasteiger partial charge >= 0.3 is 11.6 Å². The van der Waals surface area contributed by atoms with Gasteiger partial charge in [0.05, 0.1) is 4.92 Å². The molecule has 1 heterocycles. The van der Waals surface area contributed by atoms with Crippen LogP contribution >= 0.6 is 11.6 Å². The lowest BCUT2D eigenvalue weighted by Gasteiger charge is -2.05. The molecule has 2 aromatic rings. The Bertz CT molecular complexity index is 685. The smallest absolute Gasteiger partial charge is 0.311 e. The molecule has 2 rings (SSSR count). The monoisotopic (exact) mass is 311 g/mol. The number of benzene rings is 1. The van der Waals surface area contributed by atoms with Crippen LogP contribution in [0.2, 0.25) is 5.02 Å². The van der Waals surface area contributed by atoms with E-state index in [4.69, 9.17) is 26.6 Å². The van der Waals surface area contributed by atoms with Gasteiger partial charge in [-0.2, -0.15) is 0 Å². The van der Waals surface area contributed by atoms with E-state index in [1.165, 1.54) is 30.3 Å². The van der Waals surface area contributed by atoms with Crippen LogP contribution in [0.1, 0.15) is 16.3 Å². The van der Waals surface area contributed by atoms with Gasteiger partial charge in [-0.05, 0) is 18.2 Å². The minimum Gasteiger partial charge on any atom is -0.479 e. The van der Waals surface area contributed by atoms with Crippen LogP contribution in [-0.4, -0.2) is 10.8 Å². The first-order valence-corrected chi connectivity index (χ1v) is 6.05. The molecule has 21 heavy (non-hydrogen) atoms. The minimum absolute atomic E-state index is 0.00808. The maximum atomic E-state index is 11.2. The molecule has 110 valence electrons. The normalized spacial score (nSPS) is 10.2. The second-order valence-corrected chi connectivity index (χ2v) is 4.33. The van der Waals surface area contributed by atoms with Gasteiger partial charge in [-0.25, -0.2) is 5.84 Å². The molecule has 9 heteroatoms. The largest absolute Gasteiger partial charge is 0.479 e. The van der Waals surface area contributed by atoms with Crippen molar-refractivity contribution in [3.8, 4) is 5.75 Å². The summed E-state index contributed by atoms with van der Waals surface area (Å²) in [6.07, 6.45) is 0. The average molecular weight is 312 g/mol. The fourth-order valence-corrected chi connectivity index (χ4v) is 1.71. The molecule has 1 amide bonds. The molecule has 0 radical (unpaired) electrons. The number of nitro benzene ring substituents is 1. The summed E-state index contributed by atoms with van der Waals surface area (Å²) in [7, 11) is 0. The number of nitrogens with two attached hydrogens (primary N) is 1. The van der Waals surface area contributed by atoms with Gasteiger partial charge in [-0.3, -0.25) is 20.3 Å². The third-order valence-electron chi connectivity index (χ3n) is 2.51. The first-order valence-electron chi connectivity index (χ1n) is 5.67. The fourth-order valence-electron chi connectivity index (χ4n) is 1.55. The average Bonchev–Trinajstić information content (AvgIpc) is 2.93. The second kappa shape index (κ2) is 6.25. The van der Waals surface area contributed by atoms with Crippen molar-refractivity contribution in [2.24, 2.45) is 5.84 Å². The molecule has 0 saturated carbocycles. The van der Waals surface area contributed by atoms with Gasteiger partial charge in [0.1, 0.15) is 12.4 Å². The third-order valence-corrected chi connectivity index (χ3v) is 2.74. The number of nitrogen functional groups attached to an aromatic ring is 1. The lowest BCUT2D eigenvalue weighted by molar-refractivity contribution is -0.386. The number of nitro groups is 1. The van der Waals surface area contributed by atoms with Gasteiger partial charge in [-0.1, -0.05) is 11.6 Å². The topological polar surface area (TPSA) is 121 Å². The Kier molecular flexibility index (Phi) is 4.41. The van der Waals surface area contributed by atoms with Crippen molar-refractivity contribution >= 4 is 23.2 Å². The Morgan fingerprint density at radius 1 is 1.43 bits per heavy atom. The van der Waals surface area contributed by atoms with E-state index in [0.717, 1.165) is 0 Å². The van der Waals surface area contributed by atoms with Crippen LogP contribution in [0.3, 0.4) is 0 Å². The fraction of sp³-hybridized carbons (Fsp3) is 0.0833. The first kappa shape index (κ1) is 14.8. The van der Waals surface area contributed by atoms with Crippen LogP contribution in [0, 0.1) is 10.1 Å². The van der Waals surface area contributed by atoms with Crippen molar-refractivity contribution in [1.82, 2.24) is 5.43 Å². The van der Waals surface area contributed by atoms with Gasteiger partial charge in [0, 0.05) is 17.2 Å². The summed E-state index contributed by atoms with van der Waals surface area (Å²) >= 11 is 5.77. The number of nitrogens with zero attached hydrogens (tertiary/aromatic N) is 1. The van der Waals surface area contributed by atoms with Crippen molar-refractivity contribution in [3.05, 3.63) is 57.0 Å². The summed E-state index contributed by atoms with van der Waals surface area (Å²) in [4.78, 5) is 21.5. The Morgan fingerprint density at radius 2 is 2.19 bits per heavy atom. The van der Waals surface area contributed by atoms with E-state index < -0.39 is 10.8 Å². The van der Waals surface area contributed by atoms with Gasteiger partial charge in [0.25, 0.3) is 0 Å². The number of hydrazine groups is 1. The number of ether oxygens (including phenoxy) is 1. The zero-order valence-electron chi connectivity index (χ0n) is 10.5. The van der Waals surface area contributed by atoms with Gasteiger partial charge in [0.2, 0.25) is 0 Å². The molecule has 1 aromatic carbocycles. The first-order chi connectivity index (χ1) is 10.0. The van der Waals surface area contributed by atoms with Crippen LogP contribution in [0.25, 0.3) is 0 Å². The summed E-state index contributed by atoms with van der Waals surface area (Å²) in [6.45, 7) is -0.0982. The SMILES string of the molecule is NNC(=O)c1ccc(COc2cc(Cl)ccc2[N+](=O)[O-])o1. The number of hydrogen-bond donors (Lipinski definition) is 2. The number of amides is 1. The summed E-state index contributed by atoms with van der Waals surface area (Å²) in [6, 6.07) is 6.88. The van der Waals surface area contributed by atoms with Crippen molar-refractivity contribution in [2.45, 2.75) is 6.61 Å². The number of carbonyl (C=O) groups excluding carboxylic acids is 1. The Labute approximate surface area is 123 Å². The number of halogens is 1. The quantitative estimate of drug-likeness (QED) is 0.377. The molecule has 8 nitrogen and oxygen atoms in total. The molecule has 0 aliphatic carbocycles. The summed E-state index contributed by atoms with van der Waals surface area (Å²) < 4.78 is 10.5. The molecule has 0 aliphatic heterocycles. The maximum Gasteiger partial charge on any atom is 0.311 e. The minimum atomic E-state index is -0.588. The zero-order valence-corrected chi connectivity index (χ0v) is 11.3. The van der Waals surface area contributed by atoms with E-state index in [1.807, 2.05) is 5.43 Å². The highest BCUT2D eigenvalue weighted by Gasteiger charge is 2.16. The molecule has 0 bridgehead atoms. The maximum absolute atomic E-state index is 11.2. The summed E-state index contributed by atoms with van der Waals surface area (Å²) in [5.74, 6) is 4.71. The summed E-state index contributed by atoms with van der Waals surface area (Å²) in [5, 5.41) is 11.2. The lowest BCUT2D eigenvalue weighted by Crippen LogP contribution is -2.29. The standard InChI is InChI=1S/C12H10ClN3O5/c13-7-1-3-9(16(18)19)11(5-7)20-6-8-2-4-10(21-8)12(17)15-14/h1-5H,6,14H2,(H,15,17). The number of hydrogen-bond acceptors (Lipinski definition) is 6. The molecule has 0 unspecified atom stereocenters. The van der Waals surface area contributed by atoms with Crippen molar-refractivity contribution < 1.29 is 18.9 Å². The third kappa shape index (κ3) is 3.50. The van der Waals surface area contributed by atoms with Crippen LogP contribution in [-0.2, 0) is 6.61 Å². The zero-order chi connectivity index (χ0) is 15.4. The predicted molar refractivity (Wildman–Crippen MR) is 72.8 cm³/mol. The molecular formula is C12H10ClN3O5. The molecule has 3 N–H and O–H groups in total. The highest BCUT2D eigenvalue weighted by atomic mass is 35.5. The highest BCUT2D eigenvalue weighted by Crippen LogP contribution is 2.30. The Balaban J connectivity index is 2.13. The number of furan rings is 1. The lowest BCUT2D eigenvalue weighted by atomic mass is 10.3. The van der Waals surface area contributed by atoms with Crippen LogP contribution in [0.4, 0.5) is 5.69 Å². The second-order valence-electron chi connectivity index (χ2n) is 3.90. The molecule has 0 aliphatic rings. The molecule has 0 fully saturated rings. The van der Waals surface area contributed by atoms with E-state index >= 15 is 0 Å². The van der Waals surface area contributed by atoms with E-state index in [2.05, 4.69) is 0 Å². The molecular weight excluding hydrogens is 302 g/mol.